The summed E-state index contributed by atoms with van der Waals surface area (Å²) in [7, 11) is 0. The van der Waals surface area contributed by atoms with E-state index < -0.39 is 0 Å². The second kappa shape index (κ2) is 5.82. The van der Waals surface area contributed by atoms with E-state index >= 15 is 0 Å². The maximum absolute atomic E-state index is 12.2. The lowest BCUT2D eigenvalue weighted by atomic mass is 9.85. The molecule has 2 heteroatoms. The molecule has 0 radical (unpaired) electrons. The SMILES string of the molecule is CC(C)[C@H](NC(=O)[C@H]1C[C@@H]1C)c1ccc(C(C)(C)C)cc1. The number of carbonyl (C=O) groups is 1. The van der Waals surface area contributed by atoms with Gasteiger partial charge in [-0.25, -0.2) is 0 Å². The number of hydrogen-bond acceptors (Lipinski definition) is 1. The Morgan fingerprint density at radius 1 is 1.19 bits per heavy atom. The van der Waals surface area contributed by atoms with Crippen molar-refractivity contribution in [3.05, 3.63) is 35.4 Å². The van der Waals surface area contributed by atoms with Gasteiger partial charge in [-0.3, -0.25) is 4.79 Å². The quantitative estimate of drug-likeness (QED) is 0.870. The van der Waals surface area contributed by atoms with Crippen LogP contribution in [0.2, 0.25) is 0 Å². The molecule has 2 nitrogen and oxygen atoms in total. The summed E-state index contributed by atoms with van der Waals surface area (Å²) in [5.74, 6) is 1.41. The molecule has 0 spiro atoms. The Bertz CT molecular complexity index is 495. The van der Waals surface area contributed by atoms with Crippen LogP contribution in [-0.4, -0.2) is 5.91 Å². The molecule has 21 heavy (non-hydrogen) atoms. The van der Waals surface area contributed by atoms with Crippen LogP contribution in [0.1, 0.15) is 65.1 Å². The van der Waals surface area contributed by atoms with Crippen LogP contribution >= 0.6 is 0 Å². The molecule has 1 aliphatic rings. The van der Waals surface area contributed by atoms with E-state index in [4.69, 9.17) is 0 Å². The lowest BCUT2D eigenvalue weighted by molar-refractivity contribution is -0.123. The van der Waals surface area contributed by atoms with Crippen LogP contribution in [-0.2, 0) is 10.2 Å². The van der Waals surface area contributed by atoms with Gasteiger partial charge >= 0.3 is 0 Å². The molecule has 2 rings (SSSR count). The van der Waals surface area contributed by atoms with Crippen molar-refractivity contribution in [3.63, 3.8) is 0 Å². The van der Waals surface area contributed by atoms with Crippen molar-refractivity contribution >= 4 is 5.91 Å². The van der Waals surface area contributed by atoms with E-state index in [2.05, 4.69) is 71.1 Å². The zero-order valence-corrected chi connectivity index (χ0v) is 14.2. The average molecular weight is 287 g/mol. The van der Waals surface area contributed by atoms with Gasteiger partial charge in [0.2, 0.25) is 5.91 Å². The van der Waals surface area contributed by atoms with Crippen LogP contribution in [0.25, 0.3) is 0 Å². The molecule has 1 saturated carbocycles. The lowest BCUT2D eigenvalue weighted by Gasteiger charge is -2.25. The molecule has 1 N–H and O–H groups in total. The predicted molar refractivity (Wildman–Crippen MR) is 88.1 cm³/mol. The van der Waals surface area contributed by atoms with Gasteiger partial charge in [-0.2, -0.15) is 0 Å². The number of hydrogen-bond donors (Lipinski definition) is 1. The van der Waals surface area contributed by atoms with E-state index in [0.29, 0.717) is 11.8 Å². The molecule has 0 bridgehead atoms. The zero-order chi connectivity index (χ0) is 15.8. The molecule has 1 amide bonds. The van der Waals surface area contributed by atoms with Gasteiger partial charge in [-0.15, -0.1) is 0 Å². The third-order valence-electron chi connectivity index (χ3n) is 4.55. The summed E-state index contributed by atoms with van der Waals surface area (Å²) in [6.07, 6.45) is 1.04. The van der Waals surface area contributed by atoms with Gasteiger partial charge in [0.1, 0.15) is 0 Å². The molecule has 0 aromatic heterocycles. The maximum atomic E-state index is 12.2. The molecule has 1 aromatic rings. The highest BCUT2D eigenvalue weighted by Gasteiger charge is 2.40. The van der Waals surface area contributed by atoms with E-state index in [0.717, 1.165) is 6.42 Å². The Morgan fingerprint density at radius 2 is 1.71 bits per heavy atom. The predicted octanol–water partition coefficient (Wildman–Crippen LogP) is 4.45. The van der Waals surface area contributed by atoms with E-state index in [1.807, 2.05) is 0 Å². The fourth-order valence-electron chi connectivity index (χ4n) is 2.77. The number of benzene rings is 1. The summed E-state index contributed by atoms with van der Waals surface area (Å²) < 4.78 is 0. The van der Waals surface area contributed by atoms with Crippen molar-refractivity contribution in [2.24, 2.45) is 17.8 Å². The van der Waals surface area contributed by atoms with Crippen molar-refractivity contribution in [1.29, 1.82) is 0 Å². The standard InChI is InChI=1S/C19H29NO/c1-12(2)17(20-18(21)16-11-13(16)3)14-7-9-15(10-8-14)19(4,5)6/h7-10,12-13,16-17H,11H2,1-6H3,(H,20,21)/t13-,16-,17-/m0/s1. The topological polar surface area (TPSA) is 29.1 Å². The Hall–Kier alpha value is -1.31. The van der Waals surface area contributed by atoms with E-state index in [-0.39, 0.29) is 23.3 Å². The maximum Gasteiger partial charge on any atom is 0.223 e. The van der Waals surface area contributed by atoms with Crippen LogP contribution in [0.15, 0.2) is 24.3 Å². The van der Waals surface area contributed by atoms with Crippen molar-refractivity contribution in [2.45, 2.75) is 59.4 Å². The summed E-state index contributed by atoms with van der Waals surface area (Å²) >= 11 is 0. The molecule has 0 heterocycles. The number of carbonyl (C=O) groups excluding carboxylic acids is 1. The third kappa shape index (κ3) is 3.87. The highest BCUT2D eigenvalue weighted by molar-refractivity contribution is 5.81. The van der Waals surface area contributed by atoms with Crippen LogP contribution < -0.4 is 5.32 Å². The normalized spacial score (nSPS) is 23.0. The fourth-order valence-corrected chi connectivity index (χ4v) is 2.77. The second-order valence-corrected chi connectivity index (χ2v) is 7.92. The van der Waals surface area contributed by atoms with E-state index in [1.54, 1.807) is 0 Å². The van der Waals surface area contributed by atoms with Crippen molar-refractivity contribution in [3.8, 4) is 0 Å². The Morgan fingerprint density at radius 3 is 2.10 bits per heavy atom. The van der Waals surface area contributed by atoms with Crippen LogP contribution in [0, 0.1) is 17.8 Å². The molecule has 1 aromatic carbocycles. The second-order valence-electron chi connectivity index (χ2n) is 7.92. The highest BCUT2D eigenvalue weighted by atomic mass is 16.2. The molecule has 1 aliphatic carbocycles. The van der Waals surface area contributed by atoms with E-state index in [1.165, 1.54) is 11.1 Å². The third-order valence-corrected chi connectivity index (χ3v) is 4.55. The first-order valence-electron chi connectivity index (χ1n) is 8.11. The Kier molecular flexibility index (Phi) is 4.46. The largest absolute Gasteiger partial charge is 0.349 e. The van der Waals surface area contributed by atoms with Crippen LogP contribution in [0.4, 0.5) is 0 Å². The zero-order valence-electron chi connectivity index (χ0n) is 14.2. The molecule has 0 unspecified atom stereocenters. The first-order chi connectivity index (χ1) is 9.70. The minimum absolute atomic E-state index is 0.110. The first-order valence-corrected chi connectivity index (χ1v) is 8.11. The van der Waals surface area contributed by atoms with Gasteiger partial charge in [0.25, 0.3) is 0 Å². The van der Waals surface area contributed by atoms with Gasteiger partial charge in [-0.1, -0.05) is 65.8 Å². The molecule has 1 fully saturated rings. The molecule has 0 aliphatic heterocycles. The number of nitrogens with one attached hydrogen (secondary N) is 1. The van der Waals surface area contributed by atoms with Gasteiger partial charge in [-0.05, 0) is 34.8 Å². The molecule has 3 atom stereocenters. The summed E-state index contributed by atoms with van der Waals surface area (Å²) in [6, 6.07) is 8.83. The Balaban J connectivity index is 2.13. The minimum atomic E-state index is 0.110. The summed E-state index contributed by atoms with van der Waals surface area (Å²) in [5.41, 5.74) is 2.70. The van der Waals surface area contributed by atoms with Gasteiger partial charge in [0.15, 0.2) is 0 Å². The summed E-state index contributed by atoms with van der Waals surface area (Å²) in [6.45, 7) is 13.1. The smallest absolute Gasteiger partial charge is 0.223 e. The van der Waals surface area contributed by atoms with Crippen LogP contribution in [0.5, 0.6) is 0 Å². The van der Waals surface area contributed by atoms with Crippen LogP contribution in [0.3, 0.4) is 0 Å². The van der Waals surface area contributed by atoms with Crippen molar-refractivity contribution in [1.82, 2.24) is 5.32 Å². The fraction of sp³-hybridized carbons (Fsp3) is 0.632. The lowest BCUT2D eigenvalue weighted by Crippen LogP contribution is -2.33. The first kappa shape index (κ1) is 16.1. The molecular formula is C19H29NO. The van der Waals surface area contributed by atoms with Gasteiger partial charge < -0.3 is 5.32 Å². The molecule has 116 valence electrons. The summed E-state index contributed by atoms with van der Waals surface area (Å²) in [4.78, 5) is 12.2. The molecule has 0 saturated heterocycles. The highest BCUT2D eigenvalue weighted by Crippen LogP contribution is 2.38. The Labute approximate surface area is 129 Å². The monoisotopic (exact) mass is 287 g/mol. The van der Waals surface area contributed by atoms with E-state index in [9.17, 15) is 4.79 Å². The van der Waals surface area contributed by atoms with Crippen molar-refractivity contribution in [2.75, 3.05) is 0 Å². The number of amides is 1. The molecular weight excluding hydrogens is 258 g/mol. The van der Waals surface area contributed by atoms with Gasteiger partial charge in [0.05, 0.1) is 6.04 Å². The number of rotatable bonds is 4. The van der Waals surface area contributed by atoms with Gasteiger partial charge in [0, 0.05) is 5.92 Å². The van der Waals surface area contributed by atoms with Crippen molar-refractivity contribution < 1.29 is 4.79 Å². The minimum Gasteiger partial charge on any atom is -0.349 e. The average Bonchev–Trinajstić information content (AvgIpc) is 3.12. The summed E-state index contributed by atoms with van der Waals surface area (Å²) in [5, 5.41) is 3.24.